The number of morpholine rings is 1. The van der Waals surface area contributed by atoms with E-state index in [0.29, 0.717) is 44.5 Å². The maximum absolute atomic E-state index is 14.5. The number of guanidine groups is 1. The van der Waals surface area contributed by atoms with Crippen molar-refractivity contribution in [3.63, 3.8) is 0 Å². The van der Waals surface area contributed by atoms with Gasteiger partial charge in [0, 0.05) is 38.8 Å². The Morgan fingerprint density at radius 3 is 2.46 bits per heavy atom. The Morgan fingerprint density at radius 2 is 1.75 bits per heavy atom. The molecule has 1 saturated heterocycles. The standard InChI is InChI=1S/C20H23F3N4O/c1-24-20(26-13-15-11-16(21)3-4-17(15)22)25-12-14-2-5-19(18(23)10-14)27-6-8-28-9-7-27/h2-5,10-11H,6-9,12-13H2,1H3,(H2,24,25,26). The van der Waals surface area contributed by atoms with Crippen LogP contribution in [-0.2, 0) is 17.8 Å². The van der Waals surface area contributed by atoms with Gasteiger partial charge in [-0.05, 0) is 35.9 Å². The summed E-state index contributed by atoms with van der Waals surface area (Å²) in [5.41, 5.74) is 1.51. The molecule has 8 heteroatoms. The predicted molar refractivity (Wildman–Crippen MR) is 103 cm³/mol. The smallest absolute Gasteiger partial charge is 0.191 e. The highest BCUT2D eigenvalue weighted by atomic mass is 19.1. The largest absolute Gasteiger partial charge is 0.378 e. The number of anilines is 1. The Morgan fingerprint density at radius 1 is 1.00 bits per heavy atom. The quantitative estimate of drug-likeness (QED) is 0.607. The van der Waals surface area contributed by atoms with Gasteiger partial charge < -0.3 is 20.3 Å². The molecule has 0 unspecified atom stereocenters. The van der Waals surface area contributed by atoms with Crippen LogP contribution in [0.15, 0.2) is 41.4 Å². The third-order valence-corrected chi connectivity index (χ3v) is 4.50. The topological polar surface area (TPSA) is 48.9 Å². The Hall–Kier alpha value is -2.74. The lowest BCUT2D eigenvalue weighted by molar-refractivity contribution is 0.122. The van der Waals surface area contributed by atoms with Gasteiger partial charge in [-0.1, -0.05) is 6.07 Å². The van der Waals surface area contributed by atoms with Crippen LogP contribution in [0.25, 0.3) is 0 Å². The van der Waals surface area contributed by atoms with Crippen molar-refractivity contribution in [1.29, 1.82) is 0 Å². The number of ether oxygens (including phenoxy) is 1. The molecule has 0 bridgehead atoms. The molecule has 1 aliphatic heterocycles. The van der Waals surface area contributed by atoms with Crippen molar-refractivity contribution in [2.24, 2.45) is 4.99 Å². The van der Waals surface area contributed by atoms with Crippen molar-refractivity contribution in [3.05, 3.63) is 65.0 Å². The molecule has 0 aliphatic carbocycles. The Balaban J connectivity index is 1.56. The van der Waals surface area contributed by atoms with Crippen molar-refractivity contribution in [3.8, 4) is 0 Å². The molecule has 3 rings (SSSR count). The first-order valence-electron chi connectivity index (χ1n) is 9.06. The van der Waals surface area contributed by atoms with Gasteiger partial charge in [-0.3, -0.25) is 4.99 Å². The van der Waals surface area contributed by atoms with Crippen molar-refractivity contribution < 1.29 is 17.9 Å². The maximum atomic E-state index is 14.5. The minimum atomic E-state index is -0.503. The van der Waals surface area contributed by atoms with Gasteiger partial charge in [0.2, 0.25) is 0 Å². The summed E-state index contributed by atoms with van der Waals surface area (Å²) >= 11 is 0. The van der Waals surface area contributed by atoms with E-state index < -0.39 is 11.6 Å². The molecule has 150 valence electrons. The summed E-state index contributed by atoms with van der Waals surface area (Å²) in [6, 6.07) is 8.38. The van der Waals surface area contributed by atoms with Crippen LogP contribution >= 0.6 is 0 Å². The van der Waals surface area contributed by atoms with Gasteiger partial charge in [0.15, 0.2) is 5.96 Å². The van der Waals surface area contributed by atoms with E-state index in [1.54, 1.807) is 13.1 Å². The molecule has 2 aromatic carbocycles. The molecular weight excluding hydrogens is 369 g/mol. The SMILES string of the molecule is CN=C(NCc1ccc(N2CCOCC2)c(F)c1)NCc1cc(F)ccc1F. The van der Waals surface area contributed by atoms with Crippen LogP contribution in [0, 0.1) is 17.5 Å². The van der Waals surface area contributed by atoms with Crippen molar-refractivity contribution in [2.75, 3.05) is 38.3 Å². The molecule has 0 spiro atoms. The lowest BCUT2D eigenvalue weighted by atomic mass is 10.1. The van der Waals surface area contributed by atoms with Crippen molar-refractivity contribution in [2.45, 2.75) is 13.1 Å². The van der Waals surface area contributed by atoms with Gasteiger partial charge in [-0.15, -0.1) is 0 Å². The van der Waals surface area contributed by atoms with E-state index in [0.717, 1.165) is 23.8 Å². The number of nitrogens with zero attached hydrogens (tertiary/aromatic N) is 2. The fourth-order valence-electron chi connectivity index (χ4n) is 2.99. The minimum absolute atomic E-state index is 0.0770. The normalized spacial score (nSPS) is 14.9. The number of halogens is 3. The molecule has 5 nitrogen and oxygen atoms in total. The van der Waals surface area contributed by atoms with E-state index in [4.69, 9.17) is 4.74 Å². The monoisotopic (exact) mass is 392 g/mol. The van der Waals surface area contributed by atoms with Gasteiger partial charge >= 0.3 is 0 Å². The fourth-order valence-corrected chi connectivity index (χ4v) is 2.99. The first-order chi connectivity index (χ1) is 13.6. The number of rotatable bonds is 5. The minimum Gasteiger partial charge on any atom is -0.378 e. The highest BCUT2D eigenvalue weighted by Crippen LogP contribution is 2.21. The molecule has 2 N–H and O–H groups in total. The summed E-state index contributed by atoms with van der Waals surface area (Å²) in [5.74, 6) is -0.880. The van der Waals surface area contributed by atoms with Crippen LogP contribution in [0.5, 0.6) is 0 Å². The number of aliphatic imine (C=N–C) groups is 1. The van der Waals surface area contributed by atoms with E-state index in [9.17, 15) is 13.2 Å². The van der Waals surface area contributed by atoms with E-state index in [2.05, 4.69) is 15.6 Å². The predicted octanol–water partition coefficient (Wildman–Crippen LogP) is 2.81. The highest BCUT2D eigenvalue weighted by Gasteiger charge is 2.15. The maximum Gasteiger partial charge on any atom is 0.191 e. The molecule has 1 fully saturated rings. The molecule has 0 radical (unpaired) electrons. The molecule has 2 aromatic rings. The number of hydrogen-bond acceptors (Lipinski definition) is 3. The number of hydrogen-bond donors (Lipinski definition) is 2. The summed E-state index contributed by atoms with van der Waals surface area (Å²) in [6.45, 7) is 2.94. The number of benzene rings is 2. The van der Waals surface area contributed by atoms with Gasteiger partial charge in [-0.2, -0.15) is 0 Å². The summed E-state index contributed by atoms with van der Waals surface area (Å²) in [7, 11) is 1.57. The lowest BCUT2D eigenvalue weighted by Gasteiger charge is -2.29. The molecule has 0 saturated carbocycles. The fraction of sp³-hybridized carbons (Fsp3) is 0.350. The van der Waals surface area contributed by atoms with E-state index in [-0.39, 0.29) is 17.9 Å². The van der Waals surface area contributed by atoms with Crippen LogP contribution in [0.3, 0.4) is 0 Å². The molecule has 1 heterocycles. The molecule has 0 atom stereocenters. The van der Waals surface area contributed by atoms with Gasteiger partial charge in [0.05, 0.1) is 18.9 Å². The third kappa shape index (κ3) is 5.16. The van der Waals surface area contributed by atoms with Crippen LogP contribution in [0.1, 0.15) is 11.1 Å². The van der Waals surface area contributed by atoms with Crippen LogP contribution in [0.4, 0.5) is 18.9 Å². The second kappa shape index (κ2) is 9.45. The summed E-state index contributed by atoms with van der Waals surface area (Å²) in [5, 5.41) is 5.96. The zero-order valence-electron chi connectivity index (χ0n) is 15.6. The Labute approximate surface area is 162 Å². The van der Waals surface area contributed by atoms with Gasteiger partial charge in [0.25, 0.3) is 0 Å². The average molecular weight is 392 g/mol. The van der Waals surface area contributed by atoms with Gasteiger partial charge in [-0.25, -0.2) is 13.2 Å². The third-order valence-electron chi connectivity index (χ3n) is 4.50. The highest BCUT2D eigenvalue weighted by molar-refractivity contribution is 5.79. The van der Waals surface area contributed by atoms with Crippen molar-refractivity contribution >= 4 is 11.6 Å². The van der Waals surface area contributed by atoms with Crippen LogP contribution in [-0.4, -0.2) is 39.3 Å². The summed E-state index contributed by atoms with van der Waals surface area (Å²) < 4.78 is 46.7. The van der Waals surface area contributed by atoms with Crippen LogP contribution in [0.2, 0.25) is 0 Å². The second-order valence-electron chi connectivity index (χ2n) is 6.40. The first kappa shape index (κ1) is 20.0. The van der Waals surface area contributed by atoms with Gasteiger partial charge in [0.1, 0.15) is 17.5 Å². The zero-order chi connectivity index (χ0) is 19.9. The first-order valence-corrected chi connectivity index (χ1v) is 9.06. The average Bonchev–Trinajstić information content (AvgIpc) is 2.71. The molecule has 0 amide bonds. The van der Waals surface area contributed by atoms with E-state index in [1.165, 1.54) is 6.07 Å². The van der Waals surface area contributed by atoms with E-state index >= 15 is 0 Å². The Kier molecular flexibility index (Phi) is 6.76. The molecular formula is C20H23F3N4O. The molecule has 1 aliphatic rings. The Bertz CT molecular complexity index is 838. The summed E-state index contributed by atoms with van der Waals surface area (Å²) in [4.78, 5) is 6.01. The second-order valence-corrected chi connectivity index (χ2v) is 6.40. The number of nitrogens with one attached hydrogen (secondary N) is 2. The van der Waals surface area contributed by atoms with Crippen molar-refractivity contribution in [1.82, 2.24) is 10.6 Å². The van der Waals surface area contributed by atoms with Crippen LogP contribution < -0.4 is 15.5 Å². The molecule has 0 aromatic heterocycles. The molecule has 28 heavy (non-hydrogen) atoms. The summed E-state index contributed by atoms with van der Waals surface area (Å²) in [6.07, 6.45) is 0. The lowest BCUT2D eigenvalue weighted by Crippen LogP contribution is -2.37. The zero-order valence-corrected chi connectivity index (χ0v) is 15.6. The van der Waals surface area contributed by atoms with E-state index in [1.807, 2.05) is 11.0 Å².